The third kappa shape index (κ3) is 5.37. The van der Waals surface area contributed by atoms with Gasteiger partial charge in [-0.3, -0.25) is 0 Å². The molecule has 1 N–H and O–H groups in total. The van der Waals surface area contributed by atoms with Crippen LogP contribution in [0, 0.1) is 5.92 Å². The molecule has 5 heteroatoms. The number of rotatable bonds is 4. The van der Waals surface area contributed by atoms with E-state index in [1.165, 1.54) is 0 Å². The van der Waals surface area contributed by atoms with Crippen molar-refractivity contribution in [2.45, 2.75) is 44.4 Å². The van der Waals surface area contributed by atoms with Crippen LogP contribution >= 0.6 is 0 Å². The predicted molar refractivity (Wildman–Crippen MR) is 49.5 cm³/mol. The fraction of sp³-hybridized carbons (Fsp3) is 1.00. The highest BCUT2D eigenvalue weighted by Gasteiger charge is 2.28. The zero-order valence-corrected chi connectivity index (χ0v) is 8.59. The van der Waals surface area contributed by atoms with Crippen LogP contribution in [0.3, 0.4) is 0 Å². The van der Waals surface area contributed by atoms with E-state index in [1.807, 2.05) is 0 Å². The molecule has 0 aliphatic carbocycles. The van der Waals surface area contributed by atoms with Gasteiger partial charge in [0.25, 0.3) is 0 Å². The highest BCUT2D eigenvalue weighted by atomic mass is 19.4. The van der Waals surface area contributed by atoms with Gasteiger partial charge in [0.1, 0.15) is 0 Å². The molecule has 2 nitrogen and oxygen atoms in total. The number of aliphatic hydroxyl groups excluding tert-OH is 1. The number of hydrogen-bond acceptors (Lipinski definition) is 2. The van der Waals surface area contributed by atoms with E-state index in [0.29, 0.717) is 13.2 Å². The highest BCUT2D eigenvalue weighted by Crippen LogP contribution is 2.25. The van der Waals surface area contributed by atoms with E-state index in [0.717, 1.165) is 12.8 Å². The van der Waals surface area contributed by atoms with Gasteiger partial charge in [0.2, 0.25) is 0 Å². The Morgan fingerprint density at radius 2 is 2.13 bits per heavy atom. The van der Waals surface area contributed by atoms with Crippen LogP contribution in [-0.2, 0) is 4.74 Å². The molecule has 2 unspecified atom stereocenters. The third-order valence-electron chi connectivity index (χ3n) is 2.70. The highest BCUT2D eigenvalue weighted by molar-refractivity contribution is 4.72. The number of ether oxygens (including phenoxy) is 1. The van der Waals surface area contributed by atoms with Crippen molar-refractivity contribution in [3.05, 3.63) is 0 Å². The molecule has 0 aromatic carbocycles. The minimum Gasteiger partial charge on any atom is -0.393 e. The summed E-state index contributed by atoms with van der Waals surface area (Å²) in [6, 6.07) is 0. The molecular formula is C10H17F3O2. The van der Waals surface area contributed by atoms with Gasteiger partial charge < -0.3 is 9.84 Å². The van der Waals surface area contributed by atoms with Gasteiger partial charge in [-0.05, 0) is 25.7 Å². The van der Waals surface area contributed by atoms with Gasteiger partial charge >= 0.3 is 6.18 Å². The first-order valence-electron chi connectivity index (χ1n) is 5.31. The molecule has 0 bridgehead atoms. The Morgan fingerprint density at radius 3 is 2.67 bits per heavy atom. The standard InChI is InChI=1S/C10H17F3O2/c11-10(12,13)5-1-4-9(14)8-3-2-6-15-7-8/h8-9,14H,1-7H2. The Labute approximate surface area is 87.4 Å². The topological polar surface area (TPSA) is 29.5 Å². The maximum atomic E-state index is 11.8. The van der Waals surface area contributed by atoms with E-state index in [1.54, 1.807) is 0 Å². The summed E-state index contributed by atoms with van der Waals surface area (Å²) < 4.78 is 40.7. The molecule has 1 aliphatic rings. The predicted octanol–water partition coefficient (Wildman–Crippen LogP) is 2.51. The minimum atomic E-state index is -4.11. The van der Waals surface area contributed by atoms with Gasteiger partial charge in [0, 0.05) is 18.9 Å². The second-order valence-electron chi connectivity index (χ2n) is 4.05. The van der Waals surface area contributed by atoms with Crippen LogP contribution in [0.2, 0.25) is 0 Å². The van der Waals surface area contributed by atoms with Gasteiger partial charge in [-0.25, -0.2) is 0 Å². The van der Waals surface area contributed by atoms with Crippen LogP contribution < -0.4 is 0 Å². The largest absolute Gasteiger partial charge is 0.393 e. The van der Waals surface area contributed by atoms with Crippen molar-refractivity contribution < 1.29 is 23.0 Å². The van der Waals surface area contributed by atoms with Crippen LogP contribution in [-0.4, -0.2) is 30.6 Å². The van der Waals surface area contributed by atoms with Crippen LogP contribution in [0.4, 0.5) is 13.2 Å². The fourth-order valence-electron chi connectivity index (χ4n) is 1.82. The summed E-state index contributed by atoms with van der Waals surface area (Å²) in [6.45, 7) is 1.18. The number of alkyl halides is 3. The molecule has 90 valence electrons. The van der Waals surface area contributed by atoms with Crippen molar-refractivity contribution >= 4 is 0 Å². The average Bonchev–Trinajstić information content (AvgIpc) is 2.17. The second-order valence-corrected chi connectivity index (χ2v) is 4.05. The molecule has 1 saturated heterocycles. The first-order chi connectivity index (χ1) is 6.99. The molecule has 1 fully saturated rings. The van der Waals surface area contributed by atoms with Crippen molar-refractivity contribution in [2.75, 3.05) is 13.2 Å². The van der Waals surface area contributed by atoms with E-state index in [9.17, 15) is 18.3 Å². The van der Waals surface area contributed by atoms with Crippen LogP contribution in [0.25, 0.3) is 0 Å². The Balaban J connectivity index is 2.14. The molecule has 0 amide bonds. The van der Waals surface area contributed by atoms with Gasteiger partial charge in [0.05, 0.1) is 12.7 Å². The van der Waals surface area contributed by atoms with Crippen LogP contribution in [0.1, 0.15) is 32.1 Å². The zero-order chi connectivity index (χ0) is 11.3. The SMILES string of the molecule is OC(CCCC(F)(F)F)C1CCCOC1. The lowest BCUT2D eigenvalue weighted by molar-refractivity contribution is -0.137. The maximum absolute atomic E-state index is 11.8. The van der Waals surface area contributed by atoms with Gasteiger partial charge in [-0.1, -0.05) is 0 Å². The van der Waals surface area contributed by atoms with Crippen LogP contribution in [0.15, 0.2) is 0 Å². The maximum Gasteiger partial charge on any atom is 0.389 e. The summed E-state index contributed by atoms with van der Waals surface area (Å²) in [5, 5.41) is 9.62. The quantitative estimate of drug-likeness (QED) is 0.798. The van der Waals surface area contributed by atoms with Crippen molar-refractivity contribution in [3.63, 3.8) is 0 Å². The summed E-state index contributed by atoms with van der Waals surface area (Å²) in [4.78, 5) is 0. The Morgan fingerprint density at radius 1 is 1.40 bits per heavy atom. The van der Waals surface area contributed by atoms with Gasteiger partial charge in [0.15, 0.2) is 0 Å². The smallest absolute Gasteiger partial charge is 0.389 e. The van der Waals surface area contributed by atoms with Gasteiger partial charge in [-0.15, -0.1) is 0 Å². The van der Waals surface area contributed by atoms with Crippen molar-refractivity contribution in [1.82, 2.24) is 0 Å². The molecule has 2 atom stereocenters. The molecule has 0 spiro atoms. The molecule has 1 rings (SSSR count). The summed E-state index contributed by atoms with van der Waals surface area (Å²) in [6.07, 6.45) is -3.60. The number of hydrogen-bond donors (Lipinski definition) is 1. The molecule has 1 aliphatic heterocycles. The molecule has 0 saturated carbocycles. The van der Waals surface area contributed by atoms with E-state index < -0.39 is 18.7 Å². The lowest BCUT2D eigenvalue weighted by Crippen LogP contribution is -2.29. The van der Waals surface area contributed by atoms with E-state index in [2.05, 4.69) is 0 Å². The second kappa shape index (κ2) is 5.70. The normalized spacial score (nSPS) is 25.2. The van der Waals surface area contributed by atoms with E-state index in [-0.39, 0.29) is 18.8 Å². The molecule has 15 heavy (non-hydrogen) atoms. The zero-order valence-electron chi connectivity index (χ0n) is 8.59. The molecule has 0 aromatic rings. The Kier molecular flexibility index (Phi) is 4.86. The Hall–Kier alpha value is -0.290. The van der Waals surface area contributed by atoms with E-state index in [4.69, 9.17) is 4.74 Å². The summed E-state index contributed by atoms with van der Waals surface area (Å²) in [5.74, 6) is 0.0204. The first-order valence-corrected chi connectivity index (χ1v) is 5.31. The molecule has 0 radical (unpaired) electrons. The molecular weight excluding hydrogens is 209 g/mol. The van der Waals surface area contributed by atoms with Crippen molar-refractivity contribution in [1.29, 1.82) is 0 Å². The van der Waals surface area contributed by atoms with E-state index >= 15 is 0 Å². The number of halogens is 3. The third-order valence-corrected chi connectivity index (χ3v) is 2.70. The number of aliphatic hydroxyl groups is 1. The van der Waals surface area contributed by atoms with Crippen molar-refractivity contribution in [3.8, 4) is 0 Å². The summed E-state index contributed by atoms with van der Waals surface area (Å²) in [5.41, 5.74) is 0. The van der Waals surface area contributed by atoms with Gasteiger partial charge in [-0.2, -0.15) is 13.2 Å². The summed E-state index contributed by atoms with van der Waals surface area (Å²) in [7, 11) is 0. The minimum absolute atomic E-state index is 0.00116. The Bertz CT molecular complexity index is 176. The summed E-state index contributed by atoms with van der Waals surface area (Å²) >= 11 is 0. The first kappa shape index (κ1) is 12.8. The van der Waals surface area contributed by atoms with Crippen LogP contribution in [0.5, 0.6) is 0 Å². The average molecular weight is 226 g/mol. The monoisotopic (exact) mass is 226 g/mol. The molecule has 0 aromatic heterocycles. The fourth-order valence-corrected chi connectivity index (χ4v) is 1.82. The van der Waals surface area contributed by atoms with Crippen molar-refractivity contribution in [2.24, 2.45) is 5.92 Å². The molecule has 1 heterocycles. The lowest BCUT2D eigenvalue weighted by atomic mass is 9.92. The lowest BCUT2D eigenvalue weighted by Gasteiger charge is -2.26.